The molecule has 0 spiro atoms. The monoisotopic (exact) mass is 366 g/mol. The Morgan fingerprint density at radius 2 is 1.64 bits per heavy atom. The molecule has 1 saturated heterocycles. The van der Waals surface area contributed by atoms with E-state index >= 15 is 0 Å². The van der Waals surface area contributed by atoms with Crippen molar-refractivity contribution in [2.45, 2.75) is 46.1 Å². The van der Waals surface area contributed by atoms with Crippen molar-refractivity contribution < 1.29 is 4.74 Å². The number of piperidine rings is 1. The Kier molecular flexibility index (Phi) is 6.80. The third kappa shape index (κ3) is 6.47. The summed E-state index contributed by atoms with van der Waals surface area (Å²) in [6, 6.07) is 7.65. The summed E-state index contributed by atoms with van der Waals surface area (Å²) in [6.07, 6.45) is 2.55. The number of halogens is 1. The highest BCUT2D eigenvalue weighted by molar-refractivity contribution is 6.30. The zero-order chi connectivity index (χ0) is 18.7. The Labute approximate surface area is 159 Å². The van der Waals surface area contributed by atoms with Crippen LogP contribution in [0.5, 0.6) is 5.75 Å². The number of rotatable bonds is 7. The summed E-state index contributed by atoms with van der Waals surface area (Å²) in [5.41, 5.74) is 0.171. The van der Waals surface area contributed by atoms with Gasteiger partial charge >= 0.3 is 0 Å². The van der Waals surface area contributed by atoms with Crippen LogP contribution < -0.4 is 4.74 Å². The van der Waals surface area contributed by atoms with Gasteiger partial charge in [-0.2, -0.15) is 0 Å². The van der Waals surface area contributed by atoms with Crippen LogP contribution in [0, 0.1) is 11.3 Å². The van der Waals surface area contributed by atoms with Gasteiger partial charge in [0.25, 0.3) is 0 Å². The van der Waals surface area contributed by atoms with Crippen molar-refractivity contribution in [3.8, 4) is 5.75 Å². The van der Waals surface area contributed by atoms with Gasteiger partial charge in [-0.25, -0.2) is 0 Å². The van der Waals surface area contributed by atoms with E-state index in [4.69, 9.17) is 16.3 Å². The molecule has 0 N–H and O–H groups in total. The standard InChI is InChI=1S/C21H35ClN2O/c1-20(2,15-23(5)6)17-11-13-24(14-12-17)16-21(3,4)25-19-9-7-18(22)8-10-19/h7-10,17H,11-16H2,1-6H3. The van der Waals surface area contributed by atoms with Crippen molar-refractivity contribution in [1.82, 2.24) is 9.80 Å². The Morgan fingerprint density at radius 1 is 1.08 bits per heavy atom. The van der Waals surface area contributed by atoms with Crippen molar-refractivity contribution in [2.75, 3.05) is 40.3 Å². The fourth-order valence-electron chi connectivity index (χ4n) is 4.21. The molecule has 1 fully saturated rings. The number of hydrogen-bond acceptors (Lipinski definition) is 3. The number of nitrogens with zero attached hydrogens (tertiary/aromatic N) is 2. The molecule has 1 aromatic carbocycles. The lowest BCUT2D eigenvalue weighted by atomic mass is 9.73. The lowest BCUT2D eigenvalue weighted by Gasteiger charge is -2.43. The van der Waals surface area contributed by atoms with Crippen LogP contribution in [-0.4, -0.2) is 55.7 Å². The summed E-state index contributed by atoms with van der Waals surface area (Å²) < 4.78 is 6.20. The molecule has 1 heterocycles. The van der Waals surface area contributed by atoms with Gasteiger partial charge < -0.3 is 9.64 Å². The zero-order valence-electron chi connectivity index (χ0n) is 16.8. The first-order valence-electron chi connectivity index (χ1n) is 9.39. The molecule has 0 aromatic heterocycles. The Hall–Kier alpha value is -0.770. The van der Waals surface area contributed by atoms with Crippen LogP contribution >= 0.6 is 11.6 Å². The predicted molar refractivity (Wildman–Crippen MR) is 108 cm³/mol. The zero-order valence-corrected chi connectivity index (χ0v) is 17.6. The van der Waals surface area contributed by atoms with Gasteiger partial charge in [-0.15, -0.1) is 0 Å². The second-order valence-corrected chi connectivity index (χ2v) is 9.53. The molecule has 0 saturated carbocycles. The Balaban J connectivity index is 1.85. The van der Waals surface area contributed by atoms with Gasteiger partial charge in [-0.1, -0.05) is 25.4 Å². The van der Waals surface area contributed by atoms with E-state index in [-0.39, 0.29) is 5.60 Å². The lowest BCUT2D eigenvalue weighted by Crippen LogP contribution is -2.48. The Bertz CT molecular complexity index is 531. The van der Waals surface area contributed by atoms with Gasteiger partial charge in [0.15, 0.2) is 0 Å². The summed E-state index contributed by atoms with van der Waals surface area (Å²) in [6.45, 7) is 13.6. The van der Waals surface area contributed by atoms with Gasteiger partial charge in [-0.05, 0) is 89.5 Å². The van der Waals surface area contributed by atoms with Crippen molar-refractivity contribution in [2.24, 2.45) is 11.3 Å². The topological polar surface area (TPSA) is 15.7 Å². The fraction of sp³-hybridized carbons (Fsp3) is 0.714. The average Bonchev–Trinajstić information content (AvgIpc) is 2.48. The largest absolute Gasteiger partial charge is 0.487 e. The van der Waals surface area contributed by atoms with Crippen LogP contribution in [0.1, 0.15) is 40.5 Å². The molecule has 2 rings (SSSR count). The molecule has 25 heavy (non-hydrogen) atoms. The molecule has 1 aliphatic rings. The molecule has 0 atom stereocenters. The maximum Gasteiger partial charge on any atom is 0.120 e. The molecule has 0 amide bonds. The van der Waals surface area contributed by atoms with E-state index < -0.39 is 0 Å². The minimum atomic E-state index is -0.209. The van der Waals surface area contributed by atoms with E-state index in [1.54, 1.807) is 0 Å². The van der Waals surface area contributed by atoms with Crippen LogP contribution in [-0.2, 0) is 0 Å². The van der Waals surface area contributed by atoms with Gasteiger partial charge in [0.1, 0.15) is 11.4 Å². The number of benzene rings is 1. The highest BCUT2D eigenvalue weighted by Gasteiger charge is 2.34. The average molecular weight is 367 g/mol. The van der Waals surface area contributed by atoms with E-state index in [2.05, 4.69) is 51.6 Å². The molecule has 0 unspecified atom stereocenters. The van der Waals surface area contributed by atoms with Crippen LogP contribution in [0.4, 0.5) is 0 Å². The van der Waals surface area contributed by atoms with Gasteiger partial charge in [0, 0.05) is 18.1 Å². The normalized spacial score (nSPS) is 17.9. The molecule has 4 heteroatoms. The minimum Gasteiger partial charge on any atom is -0.487 e. The molecular weight excluding hydrogens is 332 g/mol. The van der Waals surface area contributed by atoms with Crippen LogP contribution in [0.3, 0.4) is 0 Å². The van der Waals surface area contributed by atoms with E-state index in [1.807, 2.05) is 24.3 Å². The Morgan fingerprint density at radius 3 is 2.16 bits per heavy atom. The second-order valence-electron chi connectivity index (χ2n) is 9.09. The molecule has 0 aliphatic carbocycles. The highest BCUT2D eigenvalue weighted by atomic mass is 35.5. The molecule has 0 radical (unpaired) electrons. The van der Waals surface area contributed by atoms with Crippen LogP contribution in [0.15, 0.2) is 24.3 Å². The fourth-order valence-corrected chi connectivity index (χ4v) is 4.34. The maximum atomic E-state index is 6.20. The lowest BCUT2D eigenvalue weighted by molar-refractivity contribution is 0.0247. The first-order chi connectivity index (χ1) is 11.6. The summed E-state index contributed by atoms with van der Waals surface area (Å²) in [4.78, 5) is 4.87. The summed E-state index contributed by atoms with van der Waals surface area (Å²) >= 11 is 5.95. The predicted octanol–water partition coefficient (Wildman–Crippen LogP) is 4.80. The van der Waals surface area contributed by atoms with E-state index in [1.165, 1.54) is 12.8 Å². The second kappa shape index (κ2) is 8.28. The maximum absolute atomic E-state index is 6.20. The third-order valence-corrected chi connectivity index (χ3v) is 5.48. The smallest absolute Gasteiger partial charge is 0.120 e. The summed E-state index contributed by atoms with van der Waals surface area (Å²) in [5, 5.41) is 0.743. The summed E-state index contributed by atoms with van der Waals surface area (Å²) in [7, 11) is 4.35. The molecule has 142 valence electrons. The third-order valence-electron chi connectivity index (χ3n) is 5.23. The first kappa shape index (κ1) is 20.5. The van der Waals surface area contributed by atoms with Crippen molar-refractivity contribution in [3.05, 3.63) is 29.3 Å². The van der Waals surface area contributed by atoms with Crippen LogP contribution in [0.25, 0.3) is 0 Å². The van der Waals surface area contributed by atoms with Crippen molar-refractivity contribution in [3.63, 3.8) is 0 Å². The SMILES string of the molecule is CN(C)CC(C)(C)C1CCN(CC(C)(C)Oc2ccc(Cl)cc2)CC1. The molecule has 0 bridgehead atoms. The van der Waals surface area contributed by atoms with E-state index in [0.29, 0.717) is 5.41 Å². The highest BCUT2D eigenvalue weighted by Crippen LogP contribution is 2.36. The molecule has 1 aromatic rings. The van der Waals surface area contributed by atoms with Gasteiger partial charge in [0.2, 0.25) is 0 Å². The van der Waals surface area contributed by atoms with E-state index in [0.717, 1.165) is 42.9 Å². The number of hydrogen-bond donors (Lipinski definition) is 0. The first-order valence-corrected chi connectivity index (χ1v) is 9.77. The van der Waals surface area contributed by atoms with Crippen molar-refractivity contribution >= 4 is 11.6 Å². The molecule has 1 aliphatic heterocycles. The number of likely N-dealkylation sites (tertiary alicyclic amines) is 1. The van der Waals surface area contributed by atoms with Crippen molar-refractivity contribution in [1.29, 1.82) is 0 Å². The summed E-state index contributed by atoms with van der Waals surface area (Å²) in [5.74, 6) is 1.68. The van der Waals surface area contributed by atoms with E-state index in [9.17, 15) is 0 Å². The quantitative estimate of drug-likeness (QED) is 0.689. The van der Waals surface area contributed by atoms with Gasteiger partial charge in [0.05, 0.1) is 0 Å². The minimum absolute atomic E-state index is 0.209. The van der Waals surface area contributed by atoms with Gasteiger partial charge in [-0.3, -0.25) is 4.90 Å². The van der Waals surface area contributed by atoms with Crippen LogP contribution in [0.2, 0.25) is 5.02 Å². The molecular formula is C21H35ClN2O. The molecule has 3 nitrogen and oxygen atoms in total. The number of ether oxygens (including phenoxy) is 1.